The van der Waals surface area contributed by atoms with Gasteiger partial charge in [0.2, 0.25) is 0 Å². The molecule has 0 aromatic rings. The lowest BCUT2D eigenvalue weighted by atomic mass is 10.0. The Hall–Kier alpha value is -1.83. The van der Waals surface area contributed by atoms with Gasteiger partial charge in [0.15, 0.2) is 6.10 Å². The number of aliphatic hydroxyl groups is 2. The summed E-state index contributed by atoms with van der Waals surface area (Å²) in [5, 5.41) is 20.8. The Morgan fingerprint density at radius 3 is 1.33 bits per heavy atom. The number of unbranched alkanes of at least 4 members (excludes halogenated alkanes) is 20. The van der Waals surface area contributed by atoms with Crippen LogP contribution in [0.4, 0.5) is 0 Å². The van der Waals surface area contributed by atoms with Crippen LogP contribution in [-0.2, 0) is 47.5 Å². The van der Waals surface area contributed by atoms with Crippen LogP contribution < -0.4 is 0 Å². The predicted molar refractivity (Wildman–Crippen MR) is 271 cm³/mol. The van der Waals surface area contributed by atoms with E-state index in [4.69, 9.17) is 33.2 Å². The first-order valence-electron chi connectivity index (χ1n) is 29.2. The molecule has 0 spiro atoms. The van der Waals surface area contributed by atoms with Crippen molar-refractivity contribution >= 4 is 17.9 Å². The molecular formula is C57H102O12. The zero-order valence-corrected chi connectivity index (χ0v) is 44.1. The molecular weight excluding hydrogens is 877 g/mol. The smallest absolute Gasteiger partial charge is 0.306 e. The first kappa shape index (κ1) is 59.7. The molecule has 0 saturated carbocycles. The van der Waals surface area contributed by atoms with E-state index in [9.17, 15) is 24.6 Å². The highest BCUT2D eigenvalue weighted by Crippen LogP contribution is 2.38. The lowest BCUT2D eigenvalue weighted by Crippen LogP contribution is -2.30. The van der Waals surface area contributed by atoms with Crippen molar-refractivity contribution in [1.82, 2.24) is 0 Å². The van der Waals surface area contributed by atoms with Crippen LogP contribution in [0.1, 0.15) is 265 Å². The quantitative estimate of drug-likeness (QED) is 0.0256. The molecule has 0 bridgehead atoms. The van der Waals surface area contributed by atoms with Gasteiger partial charge < -0.3 is 43.4 Å². The van der Waals surface area contributed by atoms with Gasteiger partial charge in [-0.2, -0.15) is 0 Å². The number of hydrogen-bond donors (Lipinski definition) is 2. The molecule has 0 radical (unpaired) electrons. The minimum absolute atomic E-state index is 0.133. The van der Waals surface area contributed by atoms with Crippen molar-refractivity contribution in [1.29, 1.82) is 0 Å². The van der Waals surface area contributed by atoms with Crippen LogP contribution in [0, 0.1) is 0 Å². The van der Waals surface area contributed by atoms with Gasteiger partial charge in [-0.25, -0.2) is 0 Å². The van der Waals surface area contributed by atoms with E-state index in [1.807, 2.05) is 0 Å². The molecule has 4 rings (SSSR count). The number of rotatable bonds is 49. The summed E-state index contributed by atoms with van der Waals surface area (Å²) in [6.45, 7) is 6.34. The molecule has 69 heavy (non-hydrogen) atoms. The van der Waals surface area contributed by atoms with Gasteiger partial charge in [0.1, 0.15) is 13.2 Å². The molecule has 0 aromatic carbocycles. The number of aliphatic hydroxyl groups excluding tert-OH is 2. The summed E-state index contributed by atoms with van der Waals surface area (Å²) >= 11 is 0. The van der Waals surface area contributed by atoms with Crippen molar-refractivity contribution in [3.63, 3.8) is 0 Å². The Balaban J connectivity index is 1.01. The molecule has 0 aromatic heterocycles. The first-order chi connectivity index (χ1) is 33.7. The third kappa shape index (κ3) is 30.1. The van der Waals surface area contributed by atoms with Crippen LogP contribution in [0.15, 0.2) is 0 Å². The Morgan fingerprint density at radius 1 is 0.406 bits per heavy atom. The average Bonchev–Trinajstić information content (AvgIpc) is 4.16. The highest BCUT2D eigenvalue weighted by atomic mass is 16.6. The summed E-state index contributed by atoms with van der Waals surface area (Å²) in [5.41, 5.74) is 0. The number of esters is 3. The van der Waals surface area contributed by atoms with Gasteiger partial charge >= 0.3 is 17.9 Å². The number of carbonyl (C=O) groups is 3. The number of hydrogen-bond acceptors (Lipinski definition) is 12. The maximum atomic E-state index is 12.9. The summed E-state index contributed by atoms with van der Waals surface area (Å²) in [4.78, 5) is 38.3. The minimum Gasteiger partial charge on any atom is -0.462 e. The Labute approximate surface area is 419 Å². The molecule has 0 aliphatic carbocycles. The van der Waals surface area contributed by atoms with Crippen molar-refractivity contribution in [2.24, 2.45) is 0 Å². The highest BCUT2D eigenvalue weighted by molar-refractivity contribution is 5.71. The van der Waals surface area contributed by atoms with Gasteiger partial charge in [0, 0.05) is 32.1 Å². The normalized spacial score (nSPS) is 24.7. The summed E-state index contributed by atoms with van der Waals surface area (Å²) < 4.78 is 40.0. The molecule has 11 atom stereocenters. The van der Waals surface area contributed by atoms with Crippen LogP contribution in [0.3, 0.4) is 0 Å². The summed E-state index contributed by atoms with van der Waals surface area (Å²) in [7, 11) is 0. The maximum absolute atomic E-state index is 12.9. The molecule has 12 nitrogen and oxygen atoms in total. The van der Waals surface area contributed by atoms with E-state index in [2.05, 4.69) is 20.8 Å². The second-order valence-electron chi connectivity index (χ2n) is 21.4. The molecule has 4 aliphatic rings. The van der Waals surface area contributed by atoms with Gasteiger partial charge in [-0.3, -0.25) is 14.4 Å². The van der Waals surface area contributed by atoms with E-state index < -0.39 is 6.10 Å². The second kappa shape index (κ2) is 37.0. The van der Waals surface area contributed by atoms with Gasteiger partial charge in [-0.15, -0.1) is 0 Å². The fraction of sp³-hybridized carbons (Fsp3) is 0.947. The Kier molecular flexibility index (Phi) is 32.0. The van der Waals surface area contributed by atoms with E-state index in [1.165, 1.54) is 64.2 Å². The molecule has 4 fully saturated rings. The van der Waals surface area contributed by atoms with E-state index in [0.29, 0.717) is 43.4 Å². The summed E-state index contributed by atoms with van der Waals surface area (Å²) in [5.74, 6) is -1.04. The van der Waals surface area contributed by atoms with E-state index in [0.717, 1.165) is 154 Å². The zero-order chi connectivity index (χ0) is 49.3. The number of ether oxygens (including phenoxy) is 7. The predicted octanol–water partition coefficient (Wildman–Crippen LogP) is 12.7. The zero-order valence-electron chi connectivity index (χ0n) is 44.1. The van der Waals surface area contributed by atoms with Crippen molar-refractivity contribution < 1.29 is 57.8 Å². The summed E-state index contributed by atoms with van der Waals surface area (Å²) in [6.07, 6.45) is 38.8. The molecule has 4 saturated heterocycles. The van der Waals surface area contributed by atoms with Crippen LogP contribution in [0.2, 0.25) is 0 Å². The Morgan fingerprint density at radius 2 is 0.797 bits per heavy atom. The van der Waals surface area contributed by atoms with E-state index >= 15 is 0 Å². The fourth-order valence-corrected chi connectivity index (χ4v) is 10.1. The third-order valence-electron chi connectivity index (χ3n) is 15.0. The van der Waals surface area contributed by atoms with Crippen molar-refractivity contribution in [3.8, 4) is 0 Å². The fourth-order valence-electron chi connectivity index (χ4n) is 10.1. The summed E-state index contributed by atoms with van der Waals surface area (Å²) in [6, 6.07) is 0. The average molecular weight is 979 g/mol. The lowest BCUT2D eigenvalue weighted by Gasteiger charge is -2.18. The second-order valence-corrected chi connectivity index (χ2v) is 21.4. The molecule has 2 N–H and O–H groups in total. The number of epoxide rings is 4. The van der Waals surface area contributed by atoms with Gasteiger partial charge in [0.05, 0.1) is 61.0 Å². The van der Waals surface area contributed by atoms with Crippen LogP contribution >= 0.6 is 0 Å². The van der Waals surface area contributed by atoms with E-state index in [1.54, 1.807) is 0 Å². The molecule has 0 amide bonds. The van der Waals surface area contributed by atoms with Crippen LogP contribution in [0.25, 0.3) is 0 Å². The topological polar surface area (TPSA) is 169 Å². The van der Waals surface area contributed by atoms with Crippen molar-refractivity contribution in [3.05, 3.63) is 0 Å². The van der Waals surface area contributed by atoms with Crippen molar-refractivity contribution in [2.75, 3.05) is 13.2 Å². The lowest BCUT2D eigenvalue weighted by molar-refractivity contribution is -0.167. The molecule has 4 heterocycles. The molecule has 402 valence electrons. The van der Waals surface area contributed by atoms with Gasteiger partial charge in [-0.05, 0) is 70.6 Å². The van der Waals surface area contributed by atoms with Gasteiger partial charge in [0.25, 0.3) is 0 Å². The minimum atomic E-state index is -0.840. The van der Waals surface area contributed by atoms with Crippen LogP contribution in [-0.4, -0.2) is 108 Å². The third-order valence-corrected chi connectivity index (χ3v) is 15.0. The Bertz CT molecular complexity index is 1330. The molecule has 4 aliphatic heterocycles. The monoisotopic (exact) mass is 979 g/mol. The van der Waals surface area contributed by atoms with Crippen LogP contribution in [0.5, 0.6) is 0 Å². The SMILES string of the molecule is CCCCCCCCC1OC1CCCCCCCC(=O)OC(COC(=O)CCCCCCCC(O)CCC1OC1CC1OC1CC)COC(=O)CCCCCCCC1OC1CC(O)CCCCCC. The first-order valence-corrected chi connectivity index (χ1v) is 29.2. The molecule has 12 heteroatoms. The highest BCUT2D eigenvalue weighted by Gasteiger charge is 2.47. The number of carbonyl (C=O) groups excluding carboxylic acids is 3. The standard InChI is InChI=1S/C57H102O12/c1-4-7-9-11-16-24-32-48-49(67-48)33-25-17-14-21-29-37-57(62)65-46(43-64-56(61)36-28-20-13-18-26-34-50-52(68-50)40-45(59)31-22-10-8-5-2)42-63-55(60)35-27-19-12-15-23-30-44(58)38-39-51-54(69-51)41-53-47(6-3)66-53/h44-54,58-59H,4-43H2,1-3H3. The van der Waals surface area contributed by atoms with Crippen molar-refractivity contribution in [2.45, 2.75) is 332 Å². The largest absolute Gasteiger partial charge is 0.462 e. The molecule has 11 unspecified atom stereocenters. The van der Waals surface area contributed by atoms with Gasteiger partial charge in [-0.1, -0.05) is 162 Å². The van der Waals surface area contributed by atoms with E-state index in [-0.39, 0.29) is 74.5 Å². The maximum Gasteiger partial charge on any atom is 0.306 e.